The lowest BCUT2D eigenvalue weighted by Gasteiger charge is -2.01. The van der Waals surface area contributed by atoms with Crippen molar-refractivity contribution in [3.05, 3.63) is 28.1 Å². The molecule has 0 bridgehead atoms. The summed E-state index contributed by atoms with van der Waals surface area (Å²) >= 11 is 1.36. The number of rotatable bonds is 3. The third-order valence-corrected chi connectivity index (χ3v) is 2.97. The smallest absolute Gasteiger partial charge is 0.387 e. The summed E-state index contributed by atoms with van der Waals surface area (Å²) < 4.78 is 5.77. The number of amides is 3. The van der Waals surface area contributed by atoms with E-state index in [0.29, 0.717) is 4.88 Å². The van der Waals surface area contributed by atoms with Crippen LogP contribution < -0.4 is 16.4 Å². The van der Waals surface area contributed by atoms with E-state index in [9.17, 15) is 14.4 Å². The first-order valence-electron chi connectivity index (χ1n) is 5.23. The molecule has 2 heterocycles. The average molecular weight is 282 g/mol. The Morgan fingerprint density at radius 3 is 2.95 bits per heavy atom. The number of nitrogens with one attached hydrogen (secondary N) is 2. The van der Waals surface area contributed by atoms with E-state index in [-0.39, 0.29) is 12.4 Å². The number of imide groups is 1. The summed E-state index contributed by atoms with van der Waals surface area (Å²) in [6, 6.07) is 2.88. The van der Waals surface area contributed by atoms with Crippen LogP contribution in [0.3, 0.4) is 0 Å². The highest BCUT2D eigenvalue weighted by molar-refractivity contribution is 7.13. The van der Waals surface area contributed by atoms with Crippen LogP contribution in [0.2, 0.25) is 0 Å². The number of carbonyl (C=O) groups excluding carboxylic acids is 2. The number of carbonyl (C=O) groups is 2. The summed E-state index contributed by atoms with van der Waals surface area (Å²) in [6.45, 7) is -0.388. The van der Waals surface area contributed by atoms with Crippen LogP contribution in [0.1, 0.15) is 0 Å². The maximum absolute atomic E-state index is 11.5. The van der Waals surface area contributed by atoms with Crippen molar-refractivity contribution >= 4 is 23.3 Å². The monoisotopic (exact) mass is 282 g/mol. The average Bonchev–Trinajstić information content (AvgIpc) is 2.99. The van der Waals surface area contributed by atoms with Crippen LogP contribution >= 0.6 is 11.3 Å². The van der Waals surface area contributed by atoms with E-state index in [1.165, 1.54) is 18.4 Å². The van der Waals surface area contributed by atoms with Crippen LogP contribution in [0.15, 0.2) is 26.7 Å². The predicted octanol–water partition coefficient (Wildman–Crippen LogP) is 0.0204. The lowest BCUT2D eigenvalue weighted by atomic mass is 10.5. The van der Waals surface area contributed by atoms with Crippen molar-refractivity contribution in [1.29, 1.82) is 0 Å². The van der Waals surface area contributed by atoms with Gasteiger partial charge in [-0.05, 0) is 11.4 Å². The number of thiophene rings is 1. The molecule has 3 amide bonds. The zero-order valence-corrected chi connectivity index (χ0v) is 10.7. The minimum atomic E-state index is -0.754. The van der Waals surface area contributed by atoms with Gasteiger partial charge in [-0.25, -0.2) is 9.59 Å². The van der Waals surface area contributed by atoms with Crippen LogP contribution in [0.25, 0.3) is 10.8 Å². The molecule has 100 valence electrons. The van der Waals surface area contributed by atoms with Crippen LogP contribution in [0, 0.1) is 0 Å². The van der Waals surface area contributed by atoms with Crippen molar-refractivity contribution in [3.8, 4) is 10.8 Å². The van der Waals surface area contributed by atoms with E-state index in [0.717, 1.165) is 4.68 Å². The van der Waals surface area contributed by atoms with Gasteiger partial charge in [0.25, 0.3) is 5.89 Å². The molecule has 8 nitrogen and oxygen atoms in total. The largest absolute Gasteiger partial charge is 0.437 e. The van der Waals surface area contributed by atoms with Gasteiger partial charge in [0.05, 0.1) is 4.88 Å². The Morgan fingerprint density at radius 1 is 1.53 bits per heavy atom. The standard InChI is InChI=1S/C10H10N4O4S/c1-11-9(16)12-7(15)5-14-10(17)18-8(13-14)6-3-2-4-19-6/h2-4H,5H2,1H3,(H2,11,12,15,16). The molecule has 2 aromatic heterocycles. The summed E-state index contributed by atoms with van der Waals surface area (Å²) in [5.74, 6) is -1.27. The molecule has 0 aliphatic heterocycles. The Hall–Kier alpha value is -2.42. The van der Waals surface area contributed by atoms with E-state index >= 15 is 0 Å². The van der Waals surface area contributed by atoms with Crippen molar-refractivity contribution in [2.45, 2.75) is 6.54 Å². The first-order valence-corrected chi connectivity index (χ1v) is 6.11. The lowest BCUT2D eigenvalue weighted by Crippen LogP contribution is -2.40. The molecular formula is C10H10N4O4S. The Bertz CT molecular complexity index is 643. The maximum Gasteiger partial charge on any atom is 0.437 e. The van der Waals surface area contributed by atoms with Gasteiger partial charge >= 0.3 is 11.8 Å². The molecule has 2 rings (SSSR count). The van der Waals surface area contributed by atoms with Gasteiger partial charge in [0.2, 0.25) is 5.91 Å². The quantitative estimate of drug-likeness (QED) is 0.825. The second kappa shape index (κ2) is 5.48. The Kier molecular flexibility index (Phi) is 3.76. The van der Waals surface area contributed by atoms with Gasteiger partial charge in [0.1, 0.15) is 6.54 Å². The van der Waals surface area contributed by atoms with Gasteiger partial charge in [-0.3, -0.25) is 10.1 Å². The van der Waals surface area contributed by atoms with Crippen molar-refractivity contribution in [2.75, 3.05) is 7.05 Å². The Balaban J connectivity index is 2.12. The number of nitrogens with zero attached hydrogens (tertiary/aromatic N) is 2. The van der Waals surface area contributed by atoms with Crippen molar-refractivity contribution in [3.63, 3.8) is 0 Å². The molecule has 0 unspecified atom stereocenters. The molecule has 0 radical (unpaired) electrons. The van der Waals surface area contributed by atoms with E-state index in [2.05, 4.69) is 10.4 Å². The zero-order chi connectivity index (χ0) is 13.8. The minimum Gasteiger partial charge on any atom is -0.387 e. The molecule has 9 heteroatoms. The number of aromatic nitrogens is 2. The molecule has 0 saturated carbocycles. The molecule has 19 heavy (non-hydrogen) atoms. The highest BCUT2D eigenvalue weighted by atomic mass is 32.1. The molecular weight excluding hydrogens is 272 g/mol. The summed E-state index contributed by atoms with van der Waals surface area (Å²) in [4.78, 5) is 34.5. The second-order valence-corrected chi connectivity index (χ2v) is 4.38. The molecule has 0 aromatic carbocycles. The Morgan fingerprint density at radius 2 is 2.32 bits per heavy atom. The van der Waals surface area contributed by atoms with Gasteiger partial charge in [0.15, 0.2) is 0 Å². The van der Waals surface area contributed by atoms with Gasteiger partial charge in [-0.2, -0.15) is 4.68 Å². The third kappa shape index (κ3) is 3.07. The lowest BCUT2D eigenvalue weighted by molar-refractivity contribution is -0.120. The van der Waals surface area contributed by atoms with Gasteiger partial charge in [0, 0.05) is 7.05 Å². The molecule has 0 aliphatic carbocycles. The van der Waals surface area contributed by atoms with E-state index in [1.54, 1.807) is 12.1 Å². The van der Waals surface area contributed by atoms with Crippen LogP contribution in [-0.2, 0) is 11.3 Å². The van der Waals surface area contributed by atoms with E-state index in [4.69, 9.17) is 4.42 Å². The minimum absolute atomic E-state index is 0.146. The number of hydrogen-bond acceptors (Lipinski definition) is 6. The van der Waals surface area contributed by atoms with Crippen LogP contribution in [0.5, 0.6) is 0 Å². The van der Waals surface area contributed by atoms with Crippen molar-refractivity contribution < 1.29 is 14.0 Å². The van der Waals surface area contributed by atoms with Gasteiger partial charge < -0.3 is 9.73 Å². The van der Waals surface area contributed by atoms with Gasteiger partial charge in [-0.1, -0.05) is 6.07 Å². The third-order valence-electron chi connectivity index (χ3n) is 2.11. The number of urea groups is 1. The fourth-order valence-electron chi connectivity index (χ4n) is 1.27. The molecule has 0 fully saturated rings. The predicted molar refractivity (Wildman–Crippen MR) is 66.7 cm³/mol. The highest BCUT2D eigenvalue weighted by Gasteiger charge is 2.14. The topological polar surface area (TPSA) is 106 Å². The fourth-order valence-corrected chi connectivity index (χ4v) is 1.91. The van der Waals surface area contributed by atoms with Gasteiger partial charge in [-0.15, -0.1) is 16.4 Å². The van der Waals surface area contributed by atoms with E-state index < -0.39 is 17.7 Å². The first kappa shape index (κ1) is 13.0. The fraction of sp³-hybridized carbons (Fsp3) is 0.200. The second-order valence-electron chi connectivity index (χ2n) is 3.44. The first-order chi connectivity index (χ1) is 9.10. The summed E-state index contributed by atoms with van der Waals surface area (Å²) in [7, 11) is 1.37. The molecule has 2 aromatic rings. The molecule has 0 saturated heterocycles. The Labute approximate surface area is 111 Å². The van der Waals surface area contributed by atoms with Crippen LogP contribution in [-0.4, -0.2) is 28.8 Å². The molecule has 0 atom stereocenters. The molecule has 0 spiro atoms. The normalized spacial score (nSPS) is 10.2. The molecule has 2 N–H and O–H groups in total. The van der Waals surface area contributed by atoms with E-state index in [1.807, 2.05) is 10.7 Å². The SMILES string of the molecule is CNC(=O)NC(=O)Cn1nc(-c2cccs2)oc1=O. The van der Waals surface area contributed by atoms with Crippen molar-refractivity contribution in [1.82, 2.24) is 20.4 Å². The summed E-state index contributed by atoms with van der Waals surface area (Å²) in [6.07, 6.45) is 0. The van der Waals surface area contributed by atoms with Crippen LogP contribution in [0.4, 0.5) is 4.79 Å². The summed E-state index contributed by atoms with van der Waals surface area (Å²) in [5, 5.41) is 9.94. The number of hydrogen-bond donors (Lipinski definition) is 2. The maximum atomic E-state index is 11.5. The highest BCUT2D eigenvalue weighted by Crippen LogP contribution is 2.20. The van der Waals surface area contributed by atoms with Crippen molar-refractivity contribution in [2.24, 2.45) is 0 Å². The molecule has 0 aliphatic rings. The summed E-state index contributed by atoms with van der Waals surface area (Å²) in [5.41, 5.74) is 0. The zero-order valence-electron chi connectivity index (χ0n) is 9.87.